The molecule has 5 rings (SSSR count). The average molecular weight is 563 g/mol. The van der Waals surface area contributed by atoms with Gasteiger partial charge in [0.1, 0.15) is 11.2 Å². The van der Waals surface area contributed by atoms with Crippen LogP contribution in [0.1, 0.15) is 68.9 Å². The van der Waals surface area contributed by atoms with Crippen LogP contribution >= 0.6 is 23.2 Å². The number of carbonyl (C=O) groups excluding carboxylic acids is 2. The fourth-order valence-electron chi connectivity index (χ4n) is 6.92. The third kappa shape index (κ3) is 4.83. The van der Waals surface area contributed by atoms with Crippen molar-refractivity contribution in [3.05, 3.63) is 63.4 Å². The van der Waals surface area contributed by atoms with E-state index in [0.717, 1.165) is 44.1 Å². The molecular formula is C29H34Cl2FN3O3. The lowest BCUT2D eigenvalue weighted by Gasteiger charge is -2.35. The van der Waals surface area contributed by atoms with E-state index in [4.69, 9.17) is 23.2 Å². The summed E-state index contributed by atoms with van der Waals surface area (Å²) in [4.78, 5) is 27.7. The van der Waals surface area contributed by atoms with Crippen LogP contribution in [0.15, 0.2) is 36.4 Å². The first kappa shape index (κ1) is 27.4. The largest absolute Gasteiger partial charge is 0.393 e. The van der Waals surface area contributed by atoms with Gasteiger partial charge in [0.15, 0.2) is 0 Å². The smallest absolute Gasteiger partial charge is 0.237 e. The van der Waals surface area contributed by atoms with Crippen molar-refractivity contribution >= 4 is 40.7 Å². The molecule has 1 saturated carbocycles. The van der Waals surface area contributed by atoms with Gasteiger partial charge in [0, 0.05) is 29.2 Å². The van der Waals surface area contributed by atoms with Gasteiger partial charge >= 0.3 is 0 Å². The second-order valence-electron chi connectivity index (χ2n) is 10.9. The first-order valence-corrected chi connectivity index (χ1v) is 14.3. The predicted octanol–water partition coefficient (Wildman–Crippen LogP) is 5.30. The van der Waals surface area contributed by atoms with Crippen LogP contribution in [0, 0.1) is 11.7 Å². The molecule has 2 aromatic rings. The third-order valence-corrected chi connectivity index (χ3v) is 9.08. The summed E-state index contributed by atoms with van der Waals surface area (Å²) in [6.07, 6.45) is 5.63. The molecule has 2 aromatic carbocycles. The Hall–Kier alpha value is -2.19. The lowest BCUT2D eigenvalue weighted by atomic mass is 9.64. The van der Waals surface area contributed by atoms with E-state index < -0.39 is 29.2 Å². The molecule has 1 saturated heterocycles. The Labute approximate surface area is 232 Å². The van der Waals surface area contributed by atoms with Gasteiger partial charge in [0.05, 0.1) is 17.2 Å². The van der Waals surface area contributed by atoms with Crippen LogP contribution in [0.4, 0.5) is 10.1 Å². The highest BCUT2D eigenvalue weighted by Crippen LogP contribution is 2.56. The number of amides is 2. The van der Waals surface area contributed by atoms with Gasteiger partial charge in [0.2, 0.25) is 11.8 Å². The number of carbonyl (C=O) groups is 2. The molecule has 1 spiro atoms. The van der Waals surface area contributed by atoms with E-state index in [1.807, 2.05) is 13.0 Å². The maximum absolute atomic E-state index is 14.9. The lowest BCUT2D eigenvalue weighted by molar-refractivity contribution is -0.123. The number of nitrogens with one attached hydrogen (secondary N) is 3. The van der Waals surface area contributed by atoms with Crippen LogP contribution in [0.2, 0.25) is 10.0 Å². The van der Waals surface area contributed by atoms with Gasteiger partial charge in [-0.25, -0.2) is 4.39 Å². The maximum Gasteiger partial charge on any atom is 0.237 e. The second-order valence-corrected chi connectivity index (χ2v) is 11.8. The standard InChI is InChI=1S/C29H34Cl2FN3O3/c1-2-5-24-29(20-14-22(32)21(31)15-23(20)34-28(29)38)25(17-7-3-8-18(30)13-17)26(35-24)27(37)33-11-4-6-16-9-10-19(36)12-16/h3,7-8,13-16,19,24-26,35-36H,2,4-6,9-12H2,1H3,(H,33,37)(H,34,38)/t16-,19-,24-,25+,26-,29+/m1/s1. The topological polar surface area (TPSA) is 90.5 Å². The zero-order valence-electron chi connectivity index (χ0n) is 21.4. The summed E-state index contributed by atoms with van der Waals surface area (Å²) >= 11 is 12.5. The molecule has 4 N–H and O–H groups in total. The van der Waals surface area contributed by atoms with Gasteiger partial charge in [0.25, 0.3) is 0 Å². The van der Waals surface area contributed by atoms with Crippen LogP contribution in [-0.4, -0.2) is 41.7 Å². The van der Waals surface area contributed by atoms with E-state index in [2.05, 4.69) is 16.0 Å². The van der Waals surface area contributed by atoms with Gasteiger partial charge < -0.3 is 21.1 Å². The van der Waals surface area contributed by atoms with Gasteiger partial charge in [-0.2, -0.15) is 0 Å². The summed E-state index contributed by atoms with van der Waals surface area (Å²) < 4.78 is 14.9. The Morgan fingerprint density at radius 1 is 1.21 bits per heavy atom. The number of hydrogen-bond acceptors (Lipinski definition) is 4. The van der Waals surface area contributed by atoms with E-state index >= 15 is 0 Å². The lowest BCUT2D eigenvalue weighted by Crippen LogP contribution is -2.48. The number of rotatable bonds is 8. The van der Waals surface area contributed by atoms with Crippen molar-refractivity contribution in [2.75, 3.05) is 11.9 Å². The van der Waals surface area contributed by atoms with Crippen molar-refractivity contribution < 1.29 is 19.1 Å². The van der Waals surface area contributed by atoms with Crippen molar-refractivity contribution in [2.45, 2.75) is 81.4 Å². The minimum atomic E-state index is -1.22. The molecule has 6 nitrogen and oxygen atoms in total. The fraction of sp³-hybridized carbons (Fsp3) is 0.517. The molecule has 0 aromatic heterocycles. The average Bonchev–Trinajstić information content (AvgIpc) is 3.53. The molecule has 204 valence electrons. The zero-order chi connectivity index (χ0) is 27.0. The first-order chi connectivity index (χ1) is 18.2. The molecule has 0 bridgehead atoms. The fourth-order valence-corrected chi connectivity index (χ4v) is 7.29. The van der Waals surface area contributed by atoms with Gasteiger partial charge in [-0.15, -0.1) is 0 Å². The Bertz CT molecular complexity index is 1230. The Balaban J connectivity index is 1.49. The monoisotopic (exact) mass is 561 g/mol. The molecule has 2 fully saturated rings. The van der Waals surface area contributed by atoms with Gasteiger partial charge in [-0.3, -0.25) is 9.59 Å². The number of benzene rings is 2. The predicted molar refractivity (Wildman–Crippen MR) is 147 cm³/mol. The highest BCUT2D eigenvalue weighted by atomic mass is 35.5. The summed E-state index contributed by atoms with van der Waals surface area (Å²) in [5.41, 5.74) is 0.498. The molecule has 2 aliphatic heterocycles. The number of anilines is 1. The Morgan fingerprint density at radius 3 is 2.74 bits per heavy atom. The maximum atomic E-state index is 14.9. The van der Waals surface area contributed by atoms with Crippen LogP contribution in [-0.2, 0) is 15.0 Å². The van der Waals surface area contributed by atoms with Crippen molar-refractivity contribution in [3.63, 3.8) is 0 Å². The van der Waals surface area contributed by atoms with Crippen molar-refractivity contribution in [1.82, 2.24) is 10.6 Å². The summed E-state index contributed by atoms with van der Waals surface area (Å²) in [6, 6.07) is 8.87. The van der Waals surface area contributed by atoms with Crippen LogP contribution in [0.5, 0.6) is 0 Å². The highest BCUT2D eigenvalue weighted by Gasteiger charge is 2.65. The molecule has 38 heavy (non-hydrogen) atoms. The minimum Gasteiger partial charge on any atom is -0.393 e. The summed E-state index contributed by atoms with van der Waals surface area (Å²) in [5, 5.41) is 19.7. The van der Waals surface area contributed by atoms with E-state index in [9.17, 15) is 19.1 Å². The van der Waals surface area contributed by atoms with E-state index in [-0.39, 0.29) is 22.9 Å². The summed E-state index contributed by atoms with van der Waals surface area (Å²) in [6.45, 7) is 2.53. The number of halogens is 3. The SMILES string of the molecule is CCC[C@H]1N[C@@H](C(=O)NCCC[C@@H]2CC[C@@H](O)C2)[C@H](c2cccc(Cl)c2)[C@@]12C(=O)Nc1cc(Cl)c(F)cc12. The van der Waals surface area contributed by atoms with Gasteiger partial charge in [-0.05, 0) is 79.8 Å². The quantitative estimate of drug-likeness (QED) is 0.329. The number of aliphatic hydroxyl groups excluding tert-OH is 1. The van der Waals surface area contributed by atoms with Crippen molar-refractivity contribution in [2.24, 2.45) is 5.92 Å². The molecule has 0 unspecified atom stereocenters. The summed E-state index contributed by atoms with van der Waals surface area (Å²) in [5.74, 6) is -1.21. The minimum absolute atomic E-state index is 0.0672. The molecule has 9 heteroatoms. The normalized spacial score (nSPS) is 30.0. The molecular weight excluding hydrogens is 528 g/mol. The number of fused-ring (bicyclic) bond motifs is 2. The molecule has 0 radical (unpaired) electrons. The molecule has 1 aliphatic carbocycles. The highest BCUT2D eigenvalue weighted by molar-refractivity contribution is 6.31. The molecule has 3 aliphatic rings. The first-order valence-electron chi connectivity index (χ1n) is 13.5. The van der Waals surface area contributed by atoms with Crippen LogP contribution in [0.25, 0.3) is 0 Å². The Kier molecular flexibility index (Phi) is 8.01. The number of hydrogen-bond donors (Lipinski definition) is 4. The molecule has 2 heterocycles. The van der Waals surface area contributed by atoms with E-state index in [1.165, 1.54) is 12.1 Å². The van der Waals surface area contributed by atoms with E-state index in [1.54, 1.807) is 18.2 Å². The van der Waals surface area contributed by atoms with Crippen LogP contribution < -0.4 is 16.0 Å². The van der Waals surface area contributed by atoms with Crippen molar-refractivity contribution in [1.29, 1.82) is 0 Å². The van der Waals surface area contributed by atoms with Crippen LogP contribution in [0.3, 0.4) is 0 Å². The van der Waals surface area contributed by atoms with E-state index in [0.29, 0.717) is 35.2 Å². The third-order valence-electron chi connectivity index (χ3n) is 8.55. The molecule has 6 atom stereocenters. The Morgan fingerprint density at radius 2 is 2.03 bits per heavy atom. The van der Waals surface area contributed by atoms with Crippen molar-refractivity contribution in [3.8, 4) is 0 Å². The number of aliphatic hydroxyl groups is 1. The van der Waals surface area contributed by atoms with Gasteiger partial charge in [-0.1, -0.05) is 48.7 Å². The zero-order valence-corrected chi connectivity index (χ0v) is 22.9. The molecule has 2 amide bonds. The summed E-state index contributed by atoms with van der Waals surface area (Å²) in [7, 11) is 0. The second kappa shape index (κ2) is 11.1.